The van der Waals surface area contributed by atoms with Crippen molar-refractivity contribution in [3.63, 3.8) is 0 Å². The summed E-state index contributed by atoms with van der Waals surface area (Å²) in [6.07, 6.45) is 5.46. The molecule has 140 valence electrons. The molecule has 0 radical (unpaired) electrons. The summed E-state index contributed by atoms with van der Waals surface area (Å²) in [5.74, 6) is 0.610. The molecular formula is C20H31ClN2O2. The maximum Gasteiger partial charge on any atom is 0.260 e. The largest absolute Gasteiger partial charge is 0.481 e. The lowest BCUT2D eigenvalue weighted by molar-refractivity contribution is -0.128. The molecule has 1 N–H and O–H groups in total. The summed E-state index contributed by atoms with van der Waals surface area (Å²) in [5.41, 5.74) is 1.98. The lowest BCUT2D eigenvalue weighted by Gasteiger charge is -2.43. The van der Waals surface area contributed by atoms with Gasteiger partial charge >= 0.3 is 0 Å². The summed E-state index contributed by atoms with van der Waals surface area (Å²) in [6, 6.07) is 3.75. The van der Waals surface area contributed by atoms with Crippen molar-refractivity contribution in [2.75, 3.05) is 20.6 Å². The Balaban J connectivity index is 1.96. The molecule has 0 aromatic heterocycles. The minimum absolute atomic E-state index is 0.0705. The van der Waals surface area contributed by atoms with Crippen molar-refractivity contribution in [2.45, 2.75) is 64.5 Å². The van der Waals surface area contributed by atoms with Gasteiger partial charge in [0.15, 0.2) is 6.10 Å². The fourth-order valence-electron chi connectivity index (χ4n) is 3.62. The highest BCUT2D eigenvalue weighted by Gasteiger charge is 2.34. The predicted molar refractivity (Wildman–Crippen MR) is 104 cm³/mol. The molecule has 1 aliphatic carbocycles. The van der Waals surface area contributed by atoms with Gasteiger partial charge in [-0.25, -0.2) is 0 Å². The first kappa shape index (κ1) is 20.1. The highest BCUT2D eigenvalue weighted by atomic mass is 35.5. The number of hydrogen-bond acceptors (Lipinski definition) is 3. The standard InChI is InChI=1S/C20H31ClN2O2/c1-14-11-17(12-15(2)18(14)21)25-16(3)19(24)22-13-20(23(4)5)9-7-6-8-10-20/h11-12,16H,6-10,13H2,1-5H3,(H,22,24)/t16-/m0/s1. The van der Waals surface area contributed by atoms with Crippen molar-refractivity contribution in [3.8, 4) is 5.75 Å². The first-order chi connectivity index (χ1) is 11.7. The van der Waals surface area contributed by atoms with Gasteiger partial charge in [0.2, 0.25) is 0 Å². The molecule has 2 rings (SSSR count). The number of halogens is 1. The highest BCUT2D eigenvalue weighted by molar-refractivity contribution is 6.32. The van der Waals surface area contributed by atoms with E-state index in [2.05, 4.69) is 24.3 Å². The fraction of sp³-hybridized carbons (Fsp3) is 0.650. The molecular weight excluding hydrogens is 336 g/mol. The van der Waals surface area contributed by atoms with Gasteiger partial charge in [0.25, 0.3) is 5.91 Å². The van der Waals surface area contributed by atoms with Gasteiger partial charge in [-0.1, -0.05) is 30.9 Å². The van der Waals surface area contributed by atoms with Crippen LogP contribution in [0.3, 0.4) is 0 Å². The van der Waals surface area contributed by atoms with Gasteiger partial charge in [-0.05, 0) is 71.0 Å². The van der Waals surface area contributed by atoms with Crippen LogP contribution in [0, 0.1) is 13.8 Å². The zero-order valence-corrected chi connectivity index (χ0v) is 16.9. The highest BCUT2D eigenvalue weighted by Crippen LogP contribution is 2.31. The van der Waals surface area contributed by atoms with Crippen LogP contribution < -0.4 is 10.1 Å². The molecule has 0 unspecified atom stereocenters. The molecule has 0 heterocycles. The molecule has 0 spiro atoms. The number of rotatable bonds is 6. The molecule has 1 fully saturated rings. The number of aryl methyl sites for hydroxylation is 2. The van der Waals surface area contributed by atoms with Crippen LogP contribution in [0.15, 0.2) is 12.1 Å². The number of hydrogen-bond donors (Lipinski definition) is 1. The number of likely N-dealkylation sites (N-methyl/N-ethyl adjacent to an activating group) is 1. The molecule has 25 heavy (non-hydrogen) atoms. The molecule has 1 aromatic carbocycles. The van der Waals surface area contributed by atoms with E-state index in [1.807, 2.05) is 26.0 Å². The SMILES string of the molecule is Cc1cc(O[C@@H](C)C(=O)NCC2(N(C)C)CCCCC2)cc(C)c1Cl. The zero-order valence-electron chi connectivity index (χ0n) is 16.1. The van der Waals surface area contributed by atoms with Crippen LogP contribution in [-0.2, 0) is 4.79 Å². The number of amides is 1. The Hall–Kier alpha value is -1.26. The second kappa shape index (κ2) is 8.41. The van der Waals surface area contributed by atoms with Crippen molar-refractivity contribution in [1.82, 2.24) is 10.2 Å². The number of ether oxygens (including phenoxy) is 1. The van der Waals surface area contributed by atoms with Gasteiger partial charge in [0.05, 0.1) is 0 Å². The lowest BCUT2D eigenvalue weighted by atomic mass is 9.80. The lowest BCUT2D eigenvalue weighted by Crippen LogP contribution is -2.55. The Bertz CT molecular complexity index is 587. The minimum Gasteiger partial charge on any atom is -0.481 e. The first-order valence-electron chi connectivity index (χ1n) is 9.14. The van der Waals surface area contributed by atoms with Crippen LogP contribution in [0.2, 0.25) is 5.02 Å². The molecule has 1 amide bonds. The molecule has 1 aliphatic rings. The Labute approximate surface area is 156 Å². The van der Waals surface area contributed by atoms with Crippen molar-refractivity contribution in [3.05, 3.63) is 28.3 Å². The zero-order chi connectivity index (χ0) is 18.6. The van der Waals surface area contributed by atoms with Gasteiger partial charge in [0.1, 0.15) is 5.75 Å². The average molecular weight is 367 g/mol. The molecule has 5 heteroatoms. The van der Waals surface area contributed by atoms with Crippen LogP contribution in [0.25, 0.3) is 0 Å². The monoisotopic (exact) mass is 366 g/mol. The molecule has 4 nitrogen and oxygen atoms in total. The number of carbonyl (C=O) groups excluding carboxylic acids is 1. The molecule has 0 saturated heterocycles. The second-order valence-electron chi connectivity index (χ2n) is 7.53. The van der Waals surface area contributed by atoms with Gasteiger partial charge in [-0.15, -0.1) is 0 Å². The van der Waals surface area contributed by atoms with Crippen LogP contribution in [0.4, 0.5) is 0 Å². The van der Waals surface area contributed by atoms with Gasteiger partial charge in [-0.3, -0.25) is 4.79 Å². The fourth-order valence-corrected chi connectivity index (χ4v) is 3.73. The summed E-state index contributed by atoms with van der Waals surface area (Å²) in [4.78, 5) is 14.8. The van der Waals surface area contributed by atoms with E-state index in [0.29, 0.717) is 12.3 Å². The van der Waals surface area contributed by atoms with E-state index in [0.717, 1.165) is 29.0 Å². The Morgan fingerprint density at radius 1 is 1.24 bits per heavy atom. The van der Waals surface area contributed by atoms with Crippen LogP contribution in [-0.4, -0.2) is 43.1 Å². The summed E-state index contributed by atoms with van der Waals surface area (Å²) < 4.78 is 5.84. The van der Waals surface area contributed by atoms with E-state index in [1.54, 1.807) is 6.92 Å². The van der Waals surface area contributed by atoms with E-state index in [1.165, 1.54) is 19.3 Å². The summed E-state index contributed by atoms with van der Waals surface area (Å²) in [5, 5.41) is 3.85. The number of nitrogens with one attached hydrogen (secondary N) is 1. The number of nitrogens with zero attached hydrogens (tertiary/aromatic N) is 1. The van der Waals surface area contributed by atoms with E-state index in [9.17, 15) is 4.79 Å². The van der Waals surface area contributed by atoms with E-state index in [-0.39, 0.29) is 11.4 Å². The Morgan fingerprint density at radius 3 is 2.32 bits per heavy atom. The average Bonchev–Trinajstić information content (AvgIpc) is 2.58. The van der Waals surface area contributed by atoms with E-state index >= 15 is 0 Å². The normalized spacial score (nSPS) is 18.0. The third-order valence-corrected chi connectivity index (χ3v) is 6.01. The second-order valence-corrected chi connectivity index (χ2v) is 7.91. The minimum atomic E-state index is -0.539. The van der Waals surface area contributed by atoms with Crippen molar-refractivity contribution >= 4 is 17.5 Å². The topological polar surface area (TPSA) is 41.6 Å². The summed E-state index contributed by atoms with van der Waals surface area (Å²) >= 11 is 6.19. The molecule has 0 aliphatic heterocycles. The maximum absolute atomic E-state index is 12.5. The number of benzene rings is 1. The summed E-state index contributed by atoms with van der Waals surface area (Å²) in [7, 11) is 4.22. The van der Waals surface area contributed by atoms with Crippen LogP contribution >= 0.6 is 11.6 Å². The van der Waals surface area contributed by atoms with Crippen LogP contribution in [0.5, 0.6) is 5.75 Å². The molecule has 1 aromatic rings. The van der Waals surface area contributed by atoms with Gasteiger partial charge in [-0.2, -0.15) is 0 Å². The van der Waals surface area contributed by atoms with E-state index < -0.39 is 6.10 Å². The third kappa shape index (κ3) is 4.89. The summed E-state index contributed by atoms with van der Waals surface area (Å²) in [6.45, 7) is 6.34. The number of carbonyl (C=O) groups is 1. The quantitative estimate of drug-likeness (QED) is 0.823. The van der Waals surface area contributed by atoms with Gasteiger partial charge < -0.3 is 15.0 Å². The molecule has 0 bridgehead atoms. The van der Waals surface area contributed by atoms with Crippen LogP contribution in [0.1, 0.15) is 50.2 Å². The predicted octanol–water partition coefficient (Wildman–Crippen LogP) is 4.10. The first-order valence-corrected chi connectivity index (χ1v) is 9.51. The molecule has 1 atom stereocenters. The Kier molecular flexibility index (Phi) is 6.75. The maximum atomic E-state index is 12.5. The van der Waals surface area contributed by atoms with Crippen molar-refractivity contribution < 1.29 is 9.53 Å². The molecule has 1 saturated carbocycles. The smallest absolute Gasteiger partial charge is 0.260 e. The Morgan fingerprint density at radius 2 is 1.80 bits per heavy atom. The van der Waals surface area contributed by atoms with E-state index in [4.69, 9.17) is 16.3 Å². The third-order valence-electron chi connectivity index (χ3n) is 5.42. The van der Waals surface area contributed by atoms with Crippen molar-refractivity contribution in [1.29, 1.82) is 0 Å². The van der Waals surface area contributed by atoms with Gasteiger partial charge in [0, 0.05) is 17.1 Å². The van der Waals surface area contributed by atoms with Crippen molar-refractivity contribution in [2.24, 2.45) is 0 Å².